The molecule has 0 aromatic carbocycles. The number of hydrogen-bond acceptors (Lipinski definition) is 6. The summed E-state index contributed by atoms with van der Waals surface area (Å²) < 4.78 is 5.04. The van der Waals surface area contributed by atoms with Gasteiger partial charge in [0, 0.05) is 49.3 Å². The molecule has 1 amide bonds. The highest BCUT2D eigenvalue weighted by Gasteiger charge is 2.26. The van der Waals surface area contributed by atoms with Crippen LogP contribution >= 0.6 is 0 Å². The first kappa shape index (κ1) is 20.2. The summed E-state index contributed by atoms with van der Waals surface area (Å²) >= 11 is 0. The maximum Gasteiger partial charge on any atom is 0.220 e. The number of carbonyl (C=O) groups is 1. The lowest BCUT2D eigenvalue weighted by Crippen LogP contribution is -2.31. The second-order valence-corrected chi connectivity index (χ2v) is 7.93. The molecule has 1 saturated carbocycles. The maximum atomic E-state index is 12.1. The highest BCUT2D eigenvalue weighted by molar-refractivity contribution is 5.76. The molecule has 0 atom stereocenters. The summed E-state index contributed by atoms with van der Waals surface area (Å²) in [4.78, 5) is 25.8. The Kier molecular flexibility index (Phi) is 6.47. The van der Waals surface area contributed by atoms with Gasteiger partial charge in [-0.05, 0) is 50.7 Å². The molecule has 0 spiro atoms. The summed E-state index contributed by atoms with van der Waals surface area (Å²) in [5.41, 5.74) is 3.06. The molecule has 1 aliphatic carbocycles. The van der Waals surface area contributed by atoms with Gasteiger partial charge < -0.3 is 9.84 Å². The van der Waals surface area contributed by atoms with Crippen LogP contribution in [0.25, 0.3) is 11.3 Å². The molecule has 3 aromatic rings. The van der Waals surface area contributed by atoms with Crippen LogP contribution < -0.4 is 5.32 Å². The fourth-order valence-corrected chi connectivity index (χ4v) is 4.11. The summed E-state index contributed by atoms with van der Waals surface area (Å²) in [6, 6.07) is 7.72. The van der Waals surface area contributed by atoms with Crippen LogP contribution in [0.15, 0.2) is 47.4 Å². The molecular weight excluding hydrogens is 378 g/mol. The Bertz CT molecular complexity index is 951. The molecule has 0 unspecified atom stereocenters. The van der Waals surface area contributed by atoms with Crippen molar-refractivity contribution in [3.8, 4) is 11.3 Å². The van der Waals surface area contributed by atoms with Gasteiger partial charge in [0.25, 0.3) is 0 Å². The third kappa shape index (κ3) is 5.09. The van der Waals surface area contributed by atoms with Crippen LogP contribution in [-0.4, -0.2) is 32.6 Å². The van der Waals surface area contributed by atoms with Crippen molar-refractivity contribution >= 4 is 5.91 Å². The van der Waals surface area contributed by atoms with E-state index in [2.05, 4.69) is 20.4 Å². The Morgan fingerprint density at radius 2 is 2.00 bits per heavy atom. The molecule has 4 rings (SSSR count). The van der Waals surface area contributed by atoms with Gasteiger partial charge in [0.05, 0.1) is 17.6 Å². The summed E-state index contributed by atoms with van der Waals surface area (Å²) in [6.45, 7) is 2.67. The quantitative estimate of drug-likeness (QED) is 0.641. The summed E-state index contributed by atoms with van der Waals surface area (Å²) in [7, 11) is 0. The van der Waals surface area contributed by atoms with E-state index in [1.165, 1.54) is 0 Å². The number of nitrogens with one attached hydrogen (secondary N) is 1. The Balaban J connectivity index is 1.30. The van der Waals surface area contributed by atoms with Gasteiger partial charge in [-0.2, -0.15) is 0 Å². The first-order chi connectivity index (χ1) is 14.7. The number of aromatic nitrogens is 4. The van der Waals surface area contributed by atoms with Gasteiger partial charge in [0.15, 0.2) is 0 Å². The van der Waals surface area contributed by atoms with Crippen molar-refractivity contribution < 1.29 is 9.32 Å². The van der Waals surface area contributed by atoms with E-state index in [-0.39, 0.29) is 5.91 Å². The van der Waals surface area contributed by atoms with Gasteiger partial charge in [0.2, 0.25) is 5.91 Å². The fraction of sp³-hybridized carbons (Fsp3) is 0.435. The molecule has 0 radical (unpaired) electrons. The average molecular weight is 406 g/mol. The van der Waals surface area contributed by atoms with Crippen molar-refractivity contribution in [1.29, 1.82) is 0 Å². The van der Waals surface area contributed by atoms with Crippen LogP contribution in [-0.2, 0) is 11.2 Å². The summed E-state index contributed by atoms with van der Waals surface area (Å²) in [6.07, 6.45) is 10.6. The molecule has 7 heteroatoms. The minimum Gasteiger partial charge on any atom is -0.361 e. The Morgan fingerprint density at radius 1 is 1.13 bits per heavy atom. The molecule has 3 aromatic heterocycles. The second-order valence-electron chi connectivity index (χ2n) is 7.93. The number of hydrogen-bond donors (Lipinski definition) is 1. The smallest absolute Gasteiger partial charge is 0.220 e. The monoisotopic (exact) mass is 405 g/mol. The standard InChI is InChI=1S/C23H27N5O2/c1-16-25-15-20(21-4-2-3-12-24-21)23(28-16)18-7-5-17(6-8-18)14-26-22(29)10-9-19-11-13-27-30-19/h2-4,11-13,15,17-18H,5-10,14H2,1H3,(H,26,29). The summed E-state index contributed by atoms with van der Waals surface area (Å²) in [5, 5.41) is 6.74. The predicted molar refractivity (Wildman–Crippen MR) is 113 cm³/mol. The maximum absolute atomic E-state index is 12.1. The second kappa shape index (κ2) is 9.61. The molecule has 0 aliphatic heterocycles. The van der Waals surface area contributed by atoms with E-state index in [1.807, 2.05) is 31.3 Å². The molecule has 3 heterocycles. The van der Waals surface area contributed by atoms with Gasteiger partial charge >= 0.3 is 0 Å². The largest absolute Gasteiger partial charge is 0.361 e. The highest BCUT2D eigenvalue weighted by atomic mass is 16.5. The molecular formula is C23H27N5O2. The number of pyridine rings is 1. The molecule has 1 fully saturated rings. The van der Waals surface area contributed by atoms with Crippen LogP contribution in [0.1, 0.15) is 55.3 Å². The van der Waals surface area contributed by atoms with Crippen LogP contribution in [0.4, 0.5) is 0 Å². The van der Waals surface area contributed by atoms with Crippen molar-refractivity contribution in [3.63, 3.8) is 0 Å². The normalized spacial score (nSPS) is 18.8. The van der Waals surface area contributed by atoms with Crippen LogP contribution in [0, 0.1) is 12.8 Å². The molecule has 1 aliphatic rings. The number of nitrogens with zero attached hydrogens (tertiary/aromatic N) is 4. The third-order valence-electron chi connectivity index (χ3n) is 5.79. The van der Waals surface area contributed by atoms with E-state index in [0.717, 1.165) is 60.8 Å². The molecule has 156 valence electrons. The van der Waals surface area contributed by atoms with Gasteiger partial charge in [-0.3, -0.25) is 9.78 Å². The summed E-state index contributed by atoms with van der Waals surface area (Å²) in [5.74, 6) is 2.52. The lowest BCUT2D eigenvalue weighted by Gasteiger charge is -2.29. The zero-order valence-corrected chi connectivity index (χ0v) is 17.3. The van der Waals surface area contributed by atoms with E-state index >= 15 is 0 Å². The van der Waals surface area contributed by atoms with Gasteiger partial charge in [0.1, 0.15) is 11.6 Å². The van der Waals surface area contributed by atoms with Crippen LogP contribution in [0.3, 0.4) is 0 Å². The van der Waals surface area contributed by atoms with Gasteiger partial charge in [-0.15, -0.1) is 0 Å². The van der Waals surface area contributed by atoms with Gasteiger partial charge in [-0.1, -0.05) is 11.2 Å². The fourth-order valence-electron chi connectivity index (χ4n) is 4.11. The molecule has 7 nitrogen and oxygen atoms in total. The van der Waals surface area contributed by atoms with Crippen LogP contribution in [0.5, 0.6) is 0 Å². The zero-order chi connectivity index (χ0) is 20.8. The Morgan fingerprint density at radius 3 is 2.73 bits per heavy atom. The molecule has 0 saturated heterocycles. The first-order valence-electron chi connectivity index (χ1n) is 10.6. The van der Waals surface area contributed by atoms with E-state index in [0.29, 0.717) is 24.7 Å². The molecule has 1 N–H and O–H groups in total. The molecule has 30 heavy (non-hydrogen) atoms. The minimum absolute atomic E-state index is 0.0670. The van der Waals surface area contributed by atoms with E-state index in [4.69, 9.17) is 9.51 Å². The Labute approximate surface area is 176 Å². The zero-order valence-electron chi connectivity index (χ0n) is 17.3. The van der Waals surface area contributed by atoms with Gasteiger partial charge in [-0.25, -0.2) is 9.97 Å². The third-order valence-corrected chi connectivity index (χ3v) is 5.79. The van der Waals surface area contributed by atoms with E-state index in [1.54, 1.807) is 18.5 Å². The van der Waals surface area contributed by atoms with Crippen molar-refractivity contribution in [3.05, 3.63) is 60.1 Å². The highest BCUT2D eigenvalue weighted by Crippen LogP contribution is 2.38. The van der Waals surface area contributed by atoms with Crippen molar-refractivity contribution in [2.24, 2.45) is 5.92 Å². The average Bonchev–Trinajstić information content (AvgIpc) is 3.31. The predicted octanol–water partition coefficient (Wildman–Crippen LogP) is 3.86. The topological polar surface area (TPSA) is 93.8 Å². The number of aryl methyl sites for hydroxylation is 2. The van der Waals surface area contributed by atoms with E-state index < -0.39 is 0 Å². The van der Waals surface area contributed by atoms with Crippen molar-refractivity contribution in [2.45, 2.75) is 51.4 Å². The molecule has 0 bridgehead atoms. The number of carbonyl (C=O) groups excluding carboxylic acids is 1. The van der Waals surface area contributed by atoms with Crippen molar-refractivity contribution in [2.75, 3.05) is 6.54 Å². The van der Waals surface area contributed by atoms with E-state index in [9.17, 15) is 4.79 Å². The lowest BCUT2D eigenvalue weighted by molar-refractivity contribution is -0.121. The van der Waals surface area contributed by atoms with Crippen LogP contribution in [0.2, 0.25) is 0 Å². The Hall–Kier alpha value is -3.09. The lowest BCUT2D eigenvalue weighted by atomic mass is 9.79. The number of amides is 1. The first-order valence-corrected chi connectivity index (χ1v) is 10.6. The van der Waals surface area contributed by atoms with Crippen molar-refractivity contribution in [1.82, 2.24) is 25.4 Å². The minimum atomic E-state index is 0.0670. The SMILES string of the molecule is Cc1ncc(-c2ccccn2)c(C2CCC(CNC(=O)CCc3ccno3)CC2)n1. The number of rotatable bonds is 7.